The summed E-state index contributed by atoms with van der Waals surface area (Å²) in [5.74, 6) is 1.04. The Bertz CT molecular complexity index is 936. The average Bonchev–Trinajstić information content (AvgIpc) is 3.19. The fraction of sp³-hybridized carbons (Fsp3) is 0.143. The number of methoxy groups -OCH3 is 1. The Labute approximate surface area is 162 Å². The molecule has 1 heterocycles. The van der Waals surface area contributed by atoms with Crippen molar-refractivity contribution in [2.75, 3.05) is 12.4 Å². The fourth-order valence-electron chi connectivity index (χ4n) is 2.44. The first-order valence-electron chi connectivity index (χ1n) is 8.39. The summed E-state index contributed by atoms with van der Waals surface area (Å²) in [7, 11) is 1.60. The van der Waals surface area contributed by atoms with E-state index in [1.54, 1.807) is 24.8 Å². The molecule has 0 unspecified atom stereocenters. The SMILES string of the molecule is COc1cc(/C=C/C(=O)Nc2nccs2)ccc1OCc1ccccc1C. The maximum absolute atomic E-state index is 11.9. The van der Waals surface area contributed by atoms with Crippen molar-refractivity contribution >= 4 is 28.5 Å². The Morgan fingerprint density at radius 2 is 2.07 bits per heavy atom. The lowest BCUT2D eigenvalue weighted by molar-refractivity contribution is -0.111. The zero-order valence-electron chi connectivity index (χ0n) is 15.1. The Hall–Kier alpha value is -3.12. The van der Waals surface area contributed by atoms with Gasteiger partial charge in [-0.25, -0.2) is 4.98 Å². The van der Waals surface area contributed by atoms with Gasteiger partial charge in [0.15, 0.2) is 16.6 Å². The lowest BCUT2D eigenvalue weighted by atomic mass is 10.1. The number of anilines is 1. The molecule has 6 heteroatoms. The second kappa shape index (κ2) is 9.00. The largest absolute Gasteiger partial charge is 0.493 e. The summed E-state index contributed by atoms with van der Waals surface area (Å²) in [5.41, 5.74) is 3.15. The van der Waals surface area contributed by atoms with Gasteiger partial charge in [0.2, 0.25) is 5.91 Å². The van der Waals surface area contributed by atoms with Crippen molar-refractivity contribution < 1.29 is 14.3 Å². The normalized spacial score (nSPS) is 10.7. The first-order chi connectivity index (χ1) is 13.2. The molecule has 3 rings (SSSR count). The van der Waals surface area contributed by atoms with Crippen molar-refractivity contribution in [2.45, 2.75) is 13.5 Å². The van der Waals surface area contributed by atoms with E-state index < -0.39 is 0 Å². The third kappa shape index (κ3) is 5.18. The Balaban J connectivity index is 1.65. The number of amides is 1. The van der Waals surface area contributed by atoms with Gasteiger partial charge in [-0.3, -0.25) is 10.1 Å². The molecule has 0 spiro atoms. The number of aromatic nitrogens is 1. The van der Waals surface area contributed by atoms with Crippen LogP contribution in [0.4, 0.5) is 5.13 Å². The van der Waals surface area contributed by atoms with E-state index in [9.17, 15) is 4.79 Å². The number of nitrogens with one attached hydrogen (secondary N) is 1. The molecule has 5 nitrogen and oxygen atoms in total. The molecule has 0 atom stereocenters. The fourth-order valence-corrected chi connectivity index (χ4v) is 2.97. The maximum Gasteiger partial charge on any atom is 0.250 e. The van der Waals surface area contributed by atoms with Crippen LogP contribution in [-0.2, 0) is 11.4 Å². The molecular weight excluding hydrogens is 360 g/mol. The van der Waals surface area contributed by atoms with Crippen LogP contribution >= 0.6 is 11.3 Å². The van der Waals surface area contributed by atoms with Crippen LogP contribution in [0.5, 0.6) is 11.5 Å². The molecule has 27 heavy (non-hydrogen) atoms. The lowest BCUT2D eigenvalue weighted by Gasteiger charge is -2.12. The molecule has 0 aliphatic rings. The number of aryl methyl sites for hydroxylation is 1. The van der Waals surface area contributed by atoms with E-state index >= 15 is 0 Å². The van der Waals surface area contributed by atoms with Gasteiger partial charge in [-0.05, 0) is 41.8 Å². The molecule has 0 fully saturated rings. The Morgan fingerprint density at radius 3 is 2.81 bits per heavy atom. The zero-order valence-corrected chi connectivity index (χ0v) is 16.0. The van der Waals surface area contributed by atoms with Gasteiger partial charge in [0.05, 0.1) is 7.11 Å². The topological polar surface area (TPSA) is 60.5 Å². The highest BCUT2D eigenvalue weighted by molar-refractivity contribution is 7.13. The summed E-state index contributed by atoms with van der Waals surface area (Å²) in [6, 6.07) is 13.7. The zero-order chi connectivity index (χ0) is 19.1. The van der Waals surface area contributed by atoms with Crippen molar-refractivity contribution in [2.24, 2.45) is 0 Å². The number of carbonyl (C=O) groups excluding carboxylic acids is 1. The summed E-state index contributed by atoms with van der Waals surface area (Å²) >= 11 is 1.37. The predicted octanol–water partition coefficient (Wildman–Crippen LogP) is 4.69. The van der Waals surface area contributed by atoms with E-state index in [0.717, 1.165) is 11.1 Å². The van der Waals surface area contributed by atoms with Crippen LogP contribution in [0.1, 0.15) is 16.7 Å². The van der Waals surface area contributed by atoms with Crippen LogP contribution in [-0.4, -0.2) is 18.0 Å². The molecule has 3 aromatic rings. The molecule has 138 valence electrons. The number of hydrogen-bond acceptors (Lipinski definition) is 5. The molecule has 1 aromatic heterocycles. The van der Waals surface area contributed by atoms with Crippen molar-refractivity contribution in [3.8, 4) is 11.5 Å². The molecule has 0 saturated carbocycles. The van der Waals surface area contributed by atoms with E-state index in [1.165, 1.54) is 23.0 Å². The van der Waals surface area contributed by atoms with Gasteiger partial charge in [0.25, 0.3) is 0 Å². The van der Waals surface area contributed by atoms with Gasteiger partial charge < -0.3 is 9.47 Å². The summed E-state index contributed by atoms with van der Waals surface area (Å²) in [6.07, 6.45) is 4.82. The number of benzene rings is 2. The molecule has 1 amide bonds. The first kappa shape index (κ1) is 18.7. The number of carbonyl (C=O) groups is 1. The van der Waals surface area contributed by atoms with Crippen LogP contribution in [0, 0.1) is 6.92 Å². The lowest BCUT2D eigenvalue weighted by Crippen LogP contribution is -2.07. The molecule has 2 aromatic carbocycles. The molecule has 0 aliphatic heterocycles. The standard InChI is InChI=1S/C21H20N2O3S/c1-15-5-3-4-6-17(15)14-26-18-9-7-16(13-19(18)25-2)8-10-20(24)23-21-22-11-12-27-21/h3-13H,14H2,1-2H3,(H,22,23,24)/b10-8+. The van der Waals surface area contributed by atoms with Gasteiger partial charge >= 0.3 is 0 Å². The molecular formula is C21H20N2O3S. The molecule has 0 aliphatic carbocycles. The molecule has 0 bridgehead atoms. The number of nitrogens with zero attached hydrogens (tertiary/aromatic N) is 1. The van der Waals surface area contributed by atoms with Gasteiger partial charge in [-0.1, -0.05) is 30.3 Å². The van der Waals surface area contributed by atoms with Gasteiger partial charge in [-0.2, -0.15) is 0 Å². The number of rotatable bonds is 7. The van der Waals surface area contributed by atoms with Gasteiger partial charge in [0.1, 0.15) is 6.61 Å². The number of thiazole rings is 1. The van der Waals surface area contributed by atoms with Crippen LogP contribution in [0.2, 0.25) is 0 Å². The van der Waals surface area contributed by atoms with E-state index in [0.29, 0.717) is 23.2 Å². The van der Waals surface area contributed by atoms with Crippen molar-refractivity contribution in [3.05, 3.63) is 76.8 Å². The third-order valence-corrected chi connectivity index (χ3v) is 4.61. The molecule has 0 radical (unpaired) electrons. The quantitative estimate of drug-likeness (QED) is 0.604. The Kier molecular flexibility index (Phi) is 6.22. The van der Waals surface area contributed by atoms with Crippen molar-refractivity contribution in [1.82, 2.24) is 4.98 Å². The van der Waals surface area contributed by atoms with Crippen LogP contribution < -0.4 is 14.8 Å². The van der Waals surface area contributed by atoms with E-state index in [4.69, 9.17) is 9.47 Å². The Morgan fingerprint density at radius 1 is 1.22 bits per heavy atom. The minimum absolute atomic E-state index is 0.233. The molecule has 1 N–H and O–H groups in total. The maximum atomic E-state index is 11.9. The monoisotopic (exact) mass is 380 g/mol. The van der Waals surface area contributed by atoms with E-state index in [1.807, 2.05) is 36.4 Å². The van der Waals surface area contributed by atoms with Crippen LogP contribution in [0.3, 0.4) is 0 Å². The second-order valence-corrected chi connectivity index (χ2v) is 6.68. The summed E-state index contributed by atoms with van der Waals surface area (Å²) in [5, 5.41) is 5.08. The summed E-state index contributed by atoms with van der Waals surface area (Å²) in [4.78, 5) is 15.9. The van der Waals surface area contributed by atoms with Gasteiger partial charge in [0, 0.05) is 17.7 Å². The predicted molar refractivity (Wildman–Crippen MR) is 108 cm³/mol. The minimum atomic E-state index is -0.233. The summed E-state index contributed by atoms with van der Waals surface area (Å²) in [6.45, 7) is 2.52. The minimum Gasteiger partial charge on any atom is -0.493 e. The van der Waals surface area contributed by atoms with Crippen molar-refractivity contribution in [3.63, 3.8) is 0 Å². The van der Waals surface area contributed by atoms with E-state index in [-0.39, 0.29) is 5.91 Å². The van der Waals surface area contributed by atoms with Crippen LogP contribution in [0.15, 0.2) is 60.1 Å². The number of hydrogen-bond donors (Lipinski definition) is 1. The highest BCUT2D eigenvalue weighted by atomic mass is 32.1. The van der Waals surface area contributed by atoms with Crippen molar-refractivity contribution in [1.29, 1.82) is 0 Å². The van der Waals surface area contributed by atoms with Gasteiger partial charge in [-0.15, -0.1) is 11.3 Å². The smallest absolute Gasteiger partial charge is 0.250 e. The summed E-state index contributed by atoms with van der Waals surface area (Å²) < 4.78 is 11.3. The average molecular weight is 380 g/mol. The highest BCUT2D eigenvalue weighted by Gasteiger charge is 2.07. The number of ether oxygens (including phenoxy) is 2. The van der Waals surface area contributed by atoms with Crippen LogP contribution in [0.25, 0.3) is 6.08 Å². The first-order valence-corrected chi connectivity index (χ1v) is 9.27. The second-order valence-electron chi connectivity index (χ2n) is 5.79. The van der Waals surface area contributed by atoms with E-state index in [2.05, 4.69) is 23.3 Å². The third-order valence-electron chi connectivity index (χ3n) is 3.92. The highest BCUT2D eigenvalue weighted by Crippen LogP contribution is 2.29. The molecule has 0 saturated heterocycles.